The van der Waals surface area contributed by atoms with Gasteiger partial charge in [0, 0.05) is 17.6 Å². The number of rotatable bonds is 4. The number of nitrogen functional groups attached to an aromatic ring is 2. The number of nitrogens with two attached hydrogens (primary N) is 2. The lowest BCUT2D eigenvalue weighted by Crippen LogP contribution is -2.25. The van der Waals surface area contributed by atoms with Crippen LogP contribution in [0.5, 0.6) is 0 Å². The monoisotopic (exact) mass is 270 g/mol. The molecule has 0 atom stereocenters. The molecule has 0 bridgehead atoms. The van der Waals surface area contributed by atoms with Crippen LogP contribution in [0, 0.1) is 0 Å². The minimum Gasteiger partial charge on any atom is -0.399 e. The number of aryl methyl sites for hydroxylation is 1. The van der Waals surface area contributed by atoms with Gasteiger partial charge in [0.05, 0.1) is 17.8 Å². The molecule has 104 valence electrons. The molecule has 0 unspecified atom stereocenters. The zero-order valence-corrected chi connectivity index (χ0v) is 11.4. The summed E-state index contributed by atoms with van der Waals surface area (Å²) in [7, 11) is 0. The van der Waals surface area contributed by atoms with Crippen LogP contribution in [-0.4, -0.2) is 10.9 Å². The van der Waals surface area contributed by atoms with E-state index in [0.29, 0.717) is 23.5 Å². The van der Waals surface area contributed by atoms with E-state index in [9.17, 15) is 4.79 Å². The van der Waals surface area contributed by atoms with Gasteiger partial charge in [-0.05, 0) is 36.2 Å². The number of carbonyl (C=O) groups excluding carboxylic acids is 1. The van der Waals surface area contributed by atoms with Gasteiger partial charge in [-0.25, -0.2) is 0 Å². The Morgan fingerprint density at radius 3 is 2.80 bits per heavy atom. The van der Waals surface area contributed by atoms with E-state index in [2.05, 4.69) is 17.2 Å². The van der Waals surface area contributed by atoms with E-state index in [0.717, 1.165) is 17.7 Å². The topological polar surface area (TPSA) is 94.0 Å². The number of benzene rings is 1. The minimum absolute atomic E-state index is 0.227. The first-order valence-electron chi connectivity index (χ1n) is 6.47. The third kappa shape index (κ3) is 3.06. The third-order valence-corrected chi connectivity index (χ3v) is 3.10. The van der Waals surface area contributed by atoms with Crippen molar-refractivity contribution in [1.29, 1.82) is 0 Å². The second-order valence-corrected chi connectivity index (χ2v) is 4.49. The first-order valence-corrected chi connectivity index (χ1v) is 6.47. The lowest BCUT2D eigenvalue weighted by molar-refractivity contribution is 0.0951. The van der Waals surface area contributed by atoms with Gasteiger partial charge in [-0.15, -0.1) is 0 Å². The maximum Gasteiger partial charge on any atom is 0.253 e. The van der Waals surface area contributed by atoms with Gasteiger partial charge in [0.1, 0.15) is 0 Å². The van der Waals surface area contributed by atoms with Crippen LogP contribution in [0.2, 0.25) is 0 Å². The predicted octanol–water partition coefficient (Wildman–Crippen LogP) is 1.74. The van der Waals surface area contributed by atoms with Gasteiger partial charge < -0.3 is 16.8 Å². The highest BCUT2D eigenvalue weighted by molar-refractivity contribution is 5.99. The van der Waals surface area contributed by atoms with Crippen LogP contribution >= 0.6 is 0 Å². The van der Waals surface area contributed by atoms with Crippen LogP contribution in [0.25, 0.3) is 0 Å². The van der Waals surface area contributed by atoms with Crippen molar-refractivity contribution in [1.82, 2.24) is 10.3 Å². The normalized spacial score (nSPS) is 10.2. The molecule has 5 heteroatoms. The summed E-state index contributed by atoms with van der Waals surface area (Å²) in [6.07, 6.45) is 2.60. The van der Waals surface area contributed by atoms with E-state index in [-0.39, 0.29) is 5.91 Å². The molecular formula is C15H18N4O. The molecule has 5 nitrogen and oxygen atoms in total. The Balaban J connectivity index is 2.09. The maximum atomic E-state index is 12.1. The molecule has 0 saturated carbocycles. The molecule has 0 saturated heterocycles. The summed E-state index contributed by atoms with van der Waals surface area (Å²) in [6, 6.07) is 8.75. The number of nitrogens with zero attached hydrogens (tertiary/aromatic N) is 1. The molecule has 0 spiro atoms. The van der Waals surface area contributed by atoms with Crippen molar-refractivity contribution in [3.8, 4) is 0 Å². The first kappa shape index (κ1) is 13.9. The van der Waals surface area contributed by atoms with E-state index < -0.39 is 0 Å². The van der Waals surface area contributed by atoms with E-state index in [1.165, 1.54) is 0 Å². The van der Waals surface area contributed by atoms with Crippen LogP contribution in [0.1, 0.15) is 28.5 Å². The maximum absolute atomic E-state index is 12.1. The molecule has 0 aliphatic rings. The van der Waals surface area contributed by atoms with E-state index in [1.54, 1.807) is 24.4 Å². The molecule has 0 radical (unpaired) electrons. The molecule has 20 heavy (non-hydrogen) atoms. The molecule has 1 heterocycles. The lowest BCUT2D eigenvalue weighted by atomic mass is 10.1. The summed E-state index contributed by atoms with van der Waals surface area (Å²) in [6.45, 7) is 2.44. The Bertz CT molecular complexity index is 625. The molecule has 5 N–H and O–H groups in total. The van der Waals surface area contributed by atoms with Crippen molar-refractivity contribution in [2.24, 2.45) is 0 Å². The molecule has 1 aromatic heterocycles. The number of anilines is 2. The summed E-state index contributed by atoms with van der Waals surface area (Å²) in [5, 5.41) is 2.83. The Morgan fingerprint density at radius 2 is 2.10 bits per heavy atom. The number of hydrogen-bond donors (Lipinski definition) is 3. The number of nitrogens with one attached hydrogen (secondary N) is 1. The van der Waals surface area contributed by atoms with Crippen molar-refractivity contribution < 1.29 is 4.79 Å². The zero-order chi connectivity index (χ0) is 14.5. The van der Waals surface area contributed by atoms with E-state index >= 15 is 0 Å². The summed E-state index contributed by atoms with van der Waals surface area (Å²) in [5.41, 5.74) is 14.7. The van der Waals surface area contributed by atoms with Crippen molar-refractivity contribution in [2.75, 3.05) is 11.5 Å². The van der Waals surface area contributed by atoms with Crippen LogP contribution in [0.15, 0.2) is 36.5 Å². The molecule has 2 aromatic rings. The Hall–Kier alpha value is -2.56. The molecule has 2 rings (SSSR count). The van der Waals surface area contributed by atoms with Crippen molar-refractivity contribution in [3.05, 3.63) is 53.3 Å². The molecule has 0 aliphatic heterocycles. The van der Waals surface area contributed by atoms with Crippen LogP contribution in [0.3, 0.4) is 0 Å². The Morgan fingerprint density at radius 1 is 1.30 bits per heavy atom. The predicted molar refractivity (Wildman–Crippen MR) is 80.1 cm³/mol. The quantitative estimate of drug-likeness (QED) is 0.737. The standard InChI is InChI=1S/C15H18N4O/c1-2-10-4-3-7-18-14(10)9-19-15(20)12-6-5-11(16)8-13(12)17/h3-8H,2,9,16-17H2,1H3,(H,19,20). The number of aromatic nitrogens is 1. The van der Waals surface area contributed by atoms with Gasteiger partial charge in [-0.2, -0.15) is 0 Å². The average molecular weight is 270 g/mol. The highest BCUT2D eigenvalue weighted by atomic mass is 16.1. The lowest BCUT2D eigenvalue weighted by Gasteiger charge is -2.10. The summed E-state index contributed by atoms with van der Waals surface area (Å²) in [4.78, 5) is 16.4. The summed E-state index contributed by atoms with van der Waals surface area (Å²) >= 11 is 0. The van der Waals surface area contributed by atoms with Crippen molar-refractivity contribution >= 4 is 17.3 Å². The molecular weight excluding hydrogens is 252 g/mol. The van der Waals surface area contributed by atoms with Gasteiger partial charge in [-0.3, -0.25) is 9.78 Å². The largest absolute Gasteiger partial charge is 0.399 e. The second kappa shape index (κ2) is 6.06. The third-order valence-electron chi connectivity index (χ3n) is 3.10. The molecule has 1 aromatic carbocycles. The first-order chi connectivity index (χ1) is 9.61. The fraction of sp³-hybridized carbons (Fsp3) is 0.200. The second-order valence-electron chi connectivity index (χ2n) is 4.49. The van der Waals surface area contributed by atoms with E-state index in [1.807, 2.05) is 12.1 Å². The van der Waals surface area contributed by atoms with Crippen molar-refractivity contribution in [2.45, 2.75) is 19.9 Å². The van der Waals surface area contributed by atoms with E-state index in [4.69, 9.17) is 11.5 Å². The fourth-order valence-corrected chi connectivity index (χ4v) is 2.00. The smallest absolute Gasteiger partial charge is 0.253 e. The average Bonchev–Trinajstić information content (AvgIpc) is 2.45. The number of hydrogen-bond acceptors (Lipinski definition) is 4. The number of carbonyl (C=O) groups is 1. The molecule has 1 amide bonds. The SMILES string of the molecule is CCc1cccnc1CNC(=O)c1ccc(N)cc1N. The highest BCUT2D eigenvalue weighted by Crippen LogP contribution is 2.15. The number of pyridine rings is 1. The minimum atomic E-state index is -0.227. The fourth-order valence-electron chi connectivity index (χ4n) is 2.00. The van der Waals surface area contributed by atoms with Crippen LogP contribution < -0.4 is 16.8 Å². The Labute approximate surface area is 118 Å². The summed E-state index contributed by atoms with van der Waals surface area (Å²) < 4.78 is 0. The summed E-state index contributed by atoms with van der Waals surface area (Å²) in [5.74, 6) is -0.227. The highest BCUT2D eigenvalue weighted by Gasteiger charge is 2.10. The van der Waals surface area contributed by atoms with Crippen molar-refractivity contribution in [3.63, 3.8) is 0 Å². The van der Waals surface area contributed by atoms with Gasteiger partial charge in [0.15, 0.2) is 0 Å². The van der Waals surface area contributed by atoms with Crippen LogP contribution in [-0.2, 0) is 13.0 Å². The van der Waals surface area contributed by atoms with Gasteiger partial charge >= 0.3 is 0 Å². The van der Waals surface area contributed by atoms with Gasteiger partial charge in [0.2, 0.25) is 0 Å². The zero-order valence-electron chi connectivity index (χ0n) is 11.4. The van der Waals surface area contributed by atoms with Crippen LogP contribution in [0.4, 0.5) is 11.4 Å². The Kier molecular flexibility index (Phi) is 4.20. The molecule has 0 aliphatic carbocycles. The van der Waals surface area contributed by atoms with Gasteiger partial charge in [-0.1, -0.05) is 13.0 Å². The molecule has 0 fully saturated rings. The van der Waals surface area contributed by atoms with Gasteiger partial charge in [0.25, 0.3) is 5.91 Å². The number of amides is 1.